The Kier molecular flexibility index (Phi) is 1.66. The molecule has 0 bridgehead atoms. The third-order valence-electron chi connectivity index (χ3n) is 1.48. The zero-order chi connectivity index (χ0) is 8.72. The molecule has 3 nitrogen and oxygen atoms in total. The number of aryl methyl sites for hydroxylation is 1. The van der Waals surface area contributed by atoms with E-state index in [0.717, 1.165) is 10.2 Å². The van der Waals surface area contributed by atoms with Crippen LogP contribution < -0.4 is 5.73 Å². The molecule has 0 spiro atoms. The minimum Gasteiger partial charge on any atom is -0.382 e. The average Bonchev–Trinajstić information content (AvgIpc) is 2.29. The van der Waals surface area contributed by atoms with Gasteiger partial charge >= 0.3 is 0 Å². The maximum atomic E-state index is 5.80. The van der Waals surface area contributed by atoms with Crippen LogP contribution in [0.2, 0.25) is 4.34 Å². The fourth-order valence-electron chi connectivity index (χ4n) is 1.04. The summed E-state index contributed by atoms with van der Waals surface area (Å²) in [6.07, 6.45) is 0. The number of anilines is 1. The highest BCUT2D eigenvalue weighted by Gasteiger charge is 2.05. The number of nitrogen functional groups attached to an aromatic ring is 1. The van der Waals surface area contributed by atoms with Gasteiger partial charge < -0.3 is 5.73 Å². The highest BCUT2D eigenvalue weighted by atomic mass is 35.5. The van der Waals surface area contributed by atoms with Crippen LogP contribution in [0.4, 0.5) is 5.82 Å². The van der Waals surface area contributed by atoms with E-state index in [-0.39, 0.29) is 0 Å². The maximum Gasteiger partial charge on any atom is 0.145 e. The second kappa shape index (κ2) is 2.57. The molecule has 2 aromatic rings. The Labute approximate surface area is 78.2 Å². The Morgan fingerprint density at radius 2 is 2.25 bits per heavy atom. The lowest BCUT2D eigenvalue weighted by Gasteiger charge is -1.95. The van der Waals surface area contributed by atoms with Crippen molar-refractivity contribution >= 4 is 39.0 Å². The number of thiophene rings is 1. The second-order valence-electron chi connectivity index (χ2n) is 2.42. The quantitative estimate of drug-likeness (QED) is 0.708. The molecule has 0 saturated heterocycles. The second-order valence-corrected chi connectivity index (χ2v) is 4.10. The van der Waals surface area contributed by atoms with Gasteiger partial charge in [0.2, 0.25) is 0 Å². The lowest BCUT2D eigenvalue weighted by Crippen LogP contribution is -1.94. The number of aromatic nitrogens is 2. The van der Waals surface area contributed by atoms with Crippen LogP contribution in [0.1, 0.15) is 5.82 Å². The van der Waals surface area contributed by atoms with E-state index >= 15 is 0 Å². The third kappa shape index (κ3) is 1.13. The van der Waals surface area contributed by atoms with Gasteiger partial charge in [-0.3, -0.25) is 0 Å². The van der Waals surface area contributed by atoms with E-state index < -0.39 is 0 Å². The predicted molar refractivity (Wildman–Crippen MR) is 51.6 cm³/mol. The molecule has 0 amide bonds. The molecule has 2 rings (SSSR count). The van der Waals surface area contributed by atoms with Crippen LogP contribution in [0.25, 0.3) is 10.2 Å². The molecule has 0 unspecified atom stereocenters. The lowest BCUT2D eigenvalue weighted by atomic mass is 10.4. The van der Waals surface area contributed by atoms with Crippen molar-refractivity contribution in [2.24, 2.45) is 0 Å². The molecule has 0 aromatic carbocycles. The minimum atomic E-state index is 0.509. The Hall–Kier alpha value is -0.870. The molecular weight excluding hydrogens is 194 g/mol. The number of halogens is 1. The van der Waals surface area contributed by atoms with Crippen molar-refractivity contribution < 1.29 is 0 Å². The van der Waals surface area contributed by atoms with Gasteiger partial charge in [-0.05, 0) is 13.0 Å². The van der Waals surface area contributed by atoms with Gasteiger partial charge in [-0.25, -0.2) is 9.97 Å². The molecule has 5 heteroatoms. The SMILES string of the molecule is Cc1nc(N)c2sc(Cl)cc2n1. The molecule has 12 heavy (non-hydrogen) atoms. The van der Waals surface area contributed by atoms with Crippen LogP contribution >= 0.6 is 22.9 Å². The fraction of sp³-hybridized carbons (Fsp3) is 0.143. The summed E-state index contributed by atoms with van der Waals surface area (Å²) in [6.45, 7) is 1.81. The van der Waals surface area contributed by atoms with Gasteiger partial charge in [0.05, 0.1) is 14.6 Å². The van der Waals surface area contributed by atoms with Gasteiger partial charge in [0.1, 0.15) is 11.6 Å². The monoisotopic (exact) mass is 199 g/mol. The van der Waals surface area contributed by atoms with Crippen LogP contribution in [0.5, 0.6) is 0 Å². The normalized spacial score (nSPS) is 10.8. The van der Waals surface area contributed by atoms with Crippen molar-refractivity contribution in [1.82, 2.24) is 9.97 Å². The smallest absolute Gasteiger partial charge is 0.145 e. The van der Waals surface area contributed by atoms with Gasteiger partial charge in [0.25, 0.3) is 0 Å². The third-order valence-corrected chi connectivity index (χ3v) is 2.76. The zero-order valence-electron chi connectivity index (χ0n) is 6.34. The molecule has 0 atom stereocenters. The number of nitrogens with two attached hydrogens (primary N) is 1. The highest BCUT2D eigenvalue weighted by molar-refractivity contribution is 7.23. The summed E-state index contributed by atoms with van der Waals surface area (Å²) in [5, 5.41) is 0. The van der Waals surface area contributed by atoms with E-state index in [9.17, 15) is 0 Å². The fourth-order valence-corrected chi connectivity index (χ4v) is 2.10. The molecule has 0 fully saturated rings. The number of hydrogen-bond donors (Lipinski definition) is 1. The van der Waals surface area contributed by atoms with E-state index in [1.807, 2.05) is 0 Å². The summed E-state index contributed by atoms with van der Waals surface area (Å²) in [5.41, 5.74) is 6.50. The molecule has 62 valence electrons. The molecule has 0 aliphatic carbocycles. The van der Waals surface area contributed by atoms with Crippen LogP contribution in [-0.2, 0) is 0 Å². The van der Waals surface area contributed by atoms with E-state index in [0.29, 0.717) is 16.0 Å². The van der Waals surface area contributed by atoms with Gasteiger partial charge in [0, 0.05) is 0 Å². The molecule has 0 aliphatic heterocycles. The van der Waals surface area contributed by atoms with E-state index in [2.05, 4.69) is 9.97 Å². The lowest BCUT2D eigenvalue weighted by molar-refractivity contribution is 1.10. The molecule has 2 N–H and O–H groups in total. The van der Waals surface area contributed by atoms with Crippen molar-refractivity contribution in [3.8, 4) is 0 Å². The first-order valence-corrected chi connectivity index (χ1v) is 4.55. The Balaban J connectivity index is 2.88. The van der Waals surface area contributed by atoms with Crippen molar-refractivity contribution in [1.29, 1.82) is 0 Å². The average molecular weight is 200 g/mol. The molecular formula is C7H6ClN3S. The summed E-state index contributed by atoms with van der Waals surface area (Å²) in [5.74, 6) is 1.18. The summed E-state index contributed by atoms with van der Waals surface area (Å²) in [6, 6.07) is 1.80. The molecule has 0 saturated carbocycles. The van der Waals surface area contributed by atoms with Gasteiger partial charge in [-0.15, -0.1) is 11.3 Å². The summed E-state index contributed by atoms with van der Waals surface area (Å²) in [4.78, 5) is 8.23. The molecule has 2 heterocycles. The number of fused-ring (bicyclic) bond motifs is 1. The predicted octanol–water partition coefficient (Wildman–Crippen LogP) is 2.24. The molecule has 2 aromatic heterocycles. The highest BCUT2D eigenvalue weighted by Crippen LogP contribution is 2.30. The minimum absolute atomic E-state index is 0.509. The van der Waals surface area contributed by atoms with Crippen LogP contribution in [0, 0.1) is 6.92 Å². The van der Waals surface area contributed by atoms with E-state index in [1.54, 1.807) is 13.0 Å². The number of nitrogens with zero attached hydrogens (tertiary/aromatic N) is 2. The van der Waals surface area contributed by atoms with Crippen LogP contribution in [0.3, 0.4) is 0 Å². The van der Waals surface area contributed by atoms with Crippen LogP contribution in [0.15, 0.2) is 6.07 Å². The van der Waals surface area contributed by atoms with Crippen molar-refractivity contribution in [2.45, 2.75) is 6.92 Å². The maximum absolute atomic E-state index is 5.80. The van der Waals surface area contributed by atoms with Gasteiger partial charge in [-0.2, -0.15) is 0 Å². The Morgan fingerprint density at radius 1 is 1.50 bits per heavy atom. The van der Waals surface area contributed by atoms with Crippen molar-refractivity contribution in [3.05, 3.63) is 16.2 Å². The van der Waals surface area contributed by atoms with Crippen molar-refractivity contribution in [3.63, 3.8) is 0 Å². The zero-order valence-corrected chi connectivity index (χ0v) is 7.91. The van der Waals surface area contributed by atoms with Crippen molar-refractivity contribution in [2.75, 3.05) is 5.73 Å². The first-order valence-electron chi connectivity index (χ1n) is 3.36. The number of rotatable bonds is 0. The topological polar surface area (TPSA) is 51.8 Å². The molecule has 0 aliphatic rings. The Morgan fingerprint density at radius 3 is 3.00 bits per heavy atom. The van der Waals surface area contributed by atoms with E-state index in [4.69, 9.17) is 17.3 Å². The first-order chi connectivity index (χ1) is 5.66. The van der Waals surface area contributed by atoms with Gasteiger partial charge in [-0.1, -0.05) is 11.6 Å². The largest absolute Gasteiger partial charge is 0.382 e. The Bertz CT molecular complexity index is 437. The number of hydrogen-bond acceptors (Lipinski definition) is 4. The van der Waals surface area contributed by atoms with E-state index in [1.165, 1.54) is 11.3 Å². The summed E-state index contributed by atoms with van der Waals surface area (Å²) < 4.78 is 1.56. The molecule has 0 radical (unpaired) electrons. The first kappa shape index (κ1) is 7.76. The summed E-state index contributed by atoms with van der Waals surface area (Å²) in [7, 11) is 0. The standard InChI is InChI=1S/C7H6ClN3S/c1-3-10-4-2-5(8)12-6(4)7(9)11-3/h2H,1H3,(H2,9,10,11). The summed E-state index contributed by atoms with van der Waals surface area (Å²) >= 11 is 7.21. The van der Waals surface area contributed by atoms with Crippen LogP contribution in [-0.4, -0.2) is 9.97 Å². The van der Waals surface area contributed by atoms with Gasteiger partial charge in [0.15, 0.2) is 0 Å².